The van der Waals surface area contributed by atoms with Crippen LogP contribution < -0.4 is 0 Å². The highest BCUT2D eigenvalue weighted by Gasteiger charge is 2.51. The van der Waals surface area contributed by atoms with Gasteiger partial charge in [-0.1, -0.05) is 39.7 Å². The number of aliphatic carboxylic acids is 1. The topological polar surface area (TPSA) is 53.4 Å². The zero-order valence-corrected chi connectivity index (χ0v) is 14.5. The van der Waals surface area contributed by atoms with Gasteiger partial charge in [0, 0.05) is 32.0 Å². The molecule has 1 unspecified atom stereocenters. The molecule has 0 bridgehead atoms. The van der Waals surface area contributed by atoms with Gasteiger partial charge in [-0.15, -0.1) is 0 Å². The van der Waals surface area contributed by atoms with Crippen molar-refractivity contribution in [1.82, 2.24) is 9.88 Å². The highest BCUT2D eigenvalue weighted by molar-refractivity contribution is 5.72. The summed E-state index contributed by atoms with van der Waals surface area (Å²) in [6, 6.07) is 2.22. The third-order valence-corrected chi connectivity index (χ3v) is 5.68. The molecule has 1 spiro atoms. The minimum atomic E-state index is -0.615. The maximum Gasteiger partial charge on any atom is 0.308 e. The quantitative estimate of drug-likeness (QED) is 0.928. The van der Waals surface area contributed by atoms with E-state index in [2.05, 4.69) is 36.7 Å². The second-order valence-electron chi connectivity index (χ2n) is 8.46. The van der Waals surface area contributed by atoms with Crippen molar-refractivity contribution in [2.75, 3.05) is 13.1 Å². The van der Waals surface area contributed by atoms with Crippen molar-refractivity contribution in [3.05, 3.63) is 29.6 Å². The van der Waals surface area contributed by atoms with Crippen molar-refractivity contribution >= 4 is 5.97 Å². The van der Waals surface area contributed by atoms with E-state index in [0.29, 0.717) is 6.54 Å². The van der Waals surface area contributed by atoms with Crippen LogP contribution in [0.25, 0.3) is 0 Å². The Balaban J connectivity index is 1.75. The van der Waals surface area contributed by atoms with Gasteiger partial charge in [0.15, 0.2) is 0 Å². The lowest BCUT2D eigenvalue weighted by atomic mass is 9.76. The molecular formula is C19H28N2O2. The summed E-state index contributed by atoms with van der Waals surface area (Å²) in [6.07, 6.45) is 8.36. The number of pyridine rings is 1. The molecule has 1 saturated carbocycles. The second kappa shape index (κ2) is 5.90. The molecule has 1 atom stereocenters. The number of hydrogen-bond acceptors (Lipinski definition) is 3. The number of rotatable bonds is 3. The van der Waals surface area contributed by atoms with Crippen LogP contribution >= 0.6 is 0 Å². The highest BCUT2D eigenvalue weighted by atomic mass is 16.4. The van der Waals surface area contributed by atoms with Crippen LogP contribution in [0.5, 0.6) is 0 Å². The first-order valence-corrected chi connectivity index (χ1v) is 8.70. The third-order valence-electron chi connectivity index (χ3n) is 5.68. The van der Waals surface area contributed by atoms with Gasteiger partial charge in [0.05, 0.1) is 5.92 Å². The van der Waals surface area contributed by atoms with Crippen molar-refractivity contribution in [2.24, 2.45) is 11.3 Å². The fourth-order valence-electron chi connectivity index (χ4n) is 4.36. The van der Waals surface area contributed by atoms with E-state index in [-0.39, 0.29) is 16.7 Å². The van der Waals surface area contributed by atoms with Crippen LogP contribution in [0.1, 0.15) is 57.6 Å². The number of carboxylic acids is 1. The molecule has 1 aromatic heterocycles. The fraction of sp³-hybridized carbons (Fsp3) is 0.684. The maximum absolute atomic E-state index is 11.7. The van der Waals surface area contributed by atoms with Crippen LogP contribution in [-0.4, -0.2) is 34.0 Å². The number of hydrogen-bond donors (Lipinski definition) is 1. The van der Waals surface area contributed by atoms with E-state index in [1.54, 1.807) is 0 Å². The predicted molar refractivity (Wildman–Crippen MR) is 90.2 cm³/mol. The average molecular weight is 316 g/mol. The first-order valence-electron chi connectivity index (χ1n) is 8.70. The molecule has 4 nitrogen and oxygen atoms in total. The summed E-state index contributed by atoms with van der Waals surface area (Å²) in [4.78, 5) is 18.4. The SMILES string of the molecule is CC(C)(C)c1cncc(CN2CC(C(=O)O)C3(CCCC3)C2)c1. The van der Waals surface area contributed by atoms with Gasteiger partial charge in [0.2, 0.25) is 0 Å². The third kappa shape index (κ3) is 3.27. The molecular weight excluding hydrogens is 288 g/mol. The lowest BCUT2D eigenvalue weighted by molar-refractivity contribution is -0.144. The molecule has 4 heteroatoms. The van der Waals surface area contributed by atoms with Gasteiger partial charge in [-0.25, -0.2) is 0 Å². The summed E-state index contributed by atoms with van der Waals surface area (Å²) < 4.78 is 0. The maximum atomic E-state index is 11.7. The van der Waals surface area contributed by atoms with Crippen molar-refractivity contribution < 1.29 is 9.90 Å². The molecule has 0 aromatic carbocycles. The van der Waals surface area contributed by atoms with Gasteiger partial charge in [0.1, 0.15) is 0 Å². The summed E-state index contributed by atoms with van der Waals surface area (Å²) in [5, 5.41) is 9.63. The van der Waals surface area contributed by atoms with Gasteiger partial charge in [-0.2, -0.15) is 0 Å². The van der Waals surface area contributed by atoms with Crippen molar-refractivity contribution in [3.8, 4) is 0 Å². The minimum absolute atomic E-state index is 0.0148. The Bertz CT molecular complexity index is 585. The molecule has 1 aliphatic heterocycles. The first-order chi connectivity index (χ1) is 10.8. The second-order valence-corrected chi connectivity index (χ2v) is 8.46. The molecule has 2 aliphatic rings. The monoisotopic (exact) mass is 316 g/mol. The van der Waals surface area contributed by atoms with E-state index >= 15 is 0 Å². The summed E-state index contributed by atoms with van der Waals surface area (Å²) >= 11 is 0. The van der Waals surface area contributed by atoms with Gasteiger partial charge in [-0.3, -0.25) is 14.7 Å². The molecule has 2 heterocycles. The zero-order chi connectivity index (χ0) is 16.7. The molecule has 0 amide bonds. The molecule has 0 radical (unpaired) electrons. The Morgan fingerprint density at radius 1 is 1.35 bits per heavy atom. The van der Waals surface area contributed by atoms with E-state index < -0.39 is 5.97 Å². The van der Waals surface area contributed by atoms with Gasteiger partial charge >= 0.3 is 5.97 Å². The minimum Gasteiger partial charge on any atom is -0.481 e. The molecule has 1 aromatic rings. The van der Waals surface area contributed by atoms with E-state index in [0.717, 1.165) is 25.9 Å². The lowest BCUT2D eigenvalue weighted by Crippen LogP contribution is -2.32. The standard InChI is InChI=1S/C19H28N2O2/c1-18(2,3)15-8-14(9-20-10-15)11-21-12-16(17(22)23)19(13-21)6-4-5-7-19/h8-10,16H,4-7,11-13H2,1-3H3,(H,22,23). The van der Waals surface area contributed by atoms with Crippen molar-refractivity contribution in [3.63, 3.8) is 0 Å². The fourth-order valence-corrected chi connectivity index (χ4v) is 4.36. The largest absolute Gasteiger partial charge is 0.481 e. The number of nitrogens with zero attached hydrogens (tertiary/aromatic N) is 2. The number of aromatic nitrogens is 1. The first kappa shape index (κ1) is 16.4. The van der Waals surface area contributed by atoms with Crippen LogP contribution in [0.15, 0.2) is 18.5 Å². The predicted octanol–water partition coefficient (Wildman–Crippen LogP) is 3.46. The Kier molecular flexibility index (Phi) is 4.21. The molecule has 3 rings (SSSR count). The number of likely N-dealkylation sites (tertiary alicyclic amines) is 1. The van der Waals surface area contributed by atoms with Crippen LogP contribution in [-0.2, 0) is 16.8 Å². The summed E-state index contributed by atoms with van der Waals surface area (Å²) in [7, 11) is 0. The van der Waals surface area contributed by atoms with Crippen molar-refractivity contribution in [2.45, 2.75) is 58.4 Å². The lowest BCUT2D eigenvalue weighted by Gasteiger charge is -2.27. The van der Waals surface area contributed by atoms with Crippen LogP contribution in [0, 0.1) is 11.3 Å². The summed E-state index contributed by atoms with van der Waals surface area (Å²) in [6.45, 7) is 8.98. The smallest absolute Gasteiger partial charge is 0.308 e. The van der Waals surface area contributed by atoms with E-state index in [1.165, 1.54) is 24.0 Å². The summed E-state index contributed by atoms with van der Waals surface area (Å²) in [5.74, 6) is -0.820. The Labute approximate surface area is 138 Å². The Morgan fingerprint density at radius 2 is 2.04 bits per heavy atom. The molecule has 2 fully saturated rings. The molecule has 126 valence electrons. The van der Waals surface area contributed by atoms with Gasteiger partial charge in [0.25, 0.3) is 0 Å². The summed E-state index contributed by atoms with van der Waals surface area (Å²) in [5.41, 5.74) is 2.53. The molecule has 1 saturated heterocycles. The van der Waals surface area contributed by atoms with E-state index in [9.17, 15) is 9.90 Å². The van der Waals surface area contributed by atoms with Crippen molar-refractivity contribution in [1.29, 1.82) is 0 Å². The Hall–Kier alpha value is -1.42. The Morgan fingerprint density at radius 3 is 2.65 bits per heavy atom. The van der Waals surface area contributed by atoms with Crippen LogP contribution in [0.4, 0.5) is 0 Å². The normalized spacial score (nSPS) is 24.4. The number of carbonyl (C=O) groups is 1. The molecule has 23 heavy (non-hydrogen) atoms. The molecule has 1 aliphatic carbocycles. The average Bonchev–Trinajstić information content (AvgIpc) is 3.06. The van der Waals surface area contributed by atoms with Crippen LogP contribution in [0.2, 0.25) is 0 Å². The van der Waals surface area contributed by atoms with Gasteiger partial charge < -0.3 is 5.11 Å². The van der Waals surface area contributed by atoms with Crippen LogP contribution in [0.3, 0.4) is 0 Å². The van der Waals surface area contributed by atoms with E-state index in [4.69, 9.17) is 0 Å². The highest BCUT2D eigenvalue weighted by Crippen LogP contribution is 2.49. The van der Waals surface area contributed by atoms with Gasteiger partial charge in [-0.05, 0) is 34.8 Å². The number of carboxylic acid groups (broad SMARTS) is 1. The van der Waals surface area contributed by atoms with E-state index in [1.807, 2.05) is 12.4 Å². The molecule has 1 N–H and O–H groups in total. The zero-order valence-electron chi connectivity index (χ0n) is 14.5.